The zero-order valence-electron chi connectivity index (χ0n) is 22.1. The molecule has 32 heavy (non-hydrogen) atoms. The average Bonchev–Trinajstić information content (AvgIpc) is 2.76. The molecule has 1 fully saturated rings. The van der Waals surface area contributed by atoms with Gasteiger partial charge in [-0.05, 0) is 58.5 Å². The van der Waals surface area contributed by atoms with E-state index in [0.29, 0.717) is 6.41 Å². The van der Waals surface area contributed by atoms with Gasteiger partial charge in [-0.15, -0.1) is 0 Å². The number of carboxylic acids is 1. The van der Waals surface area contributed by atoms with Gasteiger partial charge in [0.05, 0.1) is 6.04 Å². The van der Waals surface area contributed by atoms with E-state index in [-0.39, 0.29) is 29.4 Å². The molecule has 2 N–H and O–H groups in total. The van der Waals surface area contributed by atoms with E-state index < -0.39 is 12.0 Å². The summed E-state index contributed by atoms with van der Waals surface area (Å²) in [7, 11) is 1.63. The number of carbonyl (C=O) groups is 3. The van der Waals surface area contributed by atoms with Crippen molar-refractivity contribution in [3.8, 4) is 0 Å². The summed E-state index contributed by atoms with van der Waals surface area (Å²) in [4.78, 5) is 38.2. The number of rotatable bonds is 9. The van der Waals surface area contributed by atoms with Crippen molar-refractivity contribution >= 4 is 18.3 Å². The zero-order valence-corrected chi connectivity index (χ0v) is 22.1. The Bertz CT molecular complexity index is 568. The van der Waals surface area contributed by atoms with E-state index in [2.05, 4.69) is 24.1 Å². The number of carbonyl (C=O) groups excluding carboxylic acids is 2. The quantitative estimate of drug-likeness (QED) is 0.402. The summed E-state index contributed by atoms with van der Waals surface area (Å²) in [5.74, 6) is -1.24. The molecule has 7 nitrogen and oxygen atoms in total. The van der Waals surface area contributed by atoms with Crippen LogP contribution in [-0.2, 0) is 14.4 Å². The molecule has 0 aromatic carbocycles. The monoisotopic (exact) mass is 455 g/mol. The van der Waals surface area contributed by atoms with E-state index in [1.807, 2.05) is 41.5 Å². The van der Waals surface area contributed by atoms with Gasteiger partial charge in [-0.2, -0.15) is 0 Å². The standard InChI is InChI=1S/C15H26N2O4.C8H17N.C2H6/c1-9(2)12(7-11(5)15(20)21)17(6)14(19)13(10(3)4)16-8-18;1-8(2)9-6-4-3-5-7-9;1-2/h7-10,12-13H,1-6H3,(H,16,18)(H,20,21);8H,3-7H2,1-2H3;1-2H3/b11-7+;;/t12-,13+;;/m1../s1. The lowest BCUT2D eigenvalue weighted by atomic mass is 9.97. The van der Waals surface area contributed by atoms with E-state index in [9.17, 15) is 14.4 Å². The normalized spacial score (nSPS) is 16.3. The Morgan fingerprint density at radius 2 is 1.47 bits per heavy atom. The number of likely N-dealkylation sites (N-methyl/N-ethyl adjacent to an activating group) is 1. The number of likely N-dealkylation sites (tertiary alicyclic amines) is 1. The summed E-state index contributed by atoms with van der Waals surface area (Å²) in [6.07, 6.45) is 6.36. The second-order valence-corrected chi connectivity index (χ2v) is 9.04. The highest BCUT2D eigenvalue weighted by atomic mass is 16.4. The van der Waals surface area contributed by atoms with Crippen LogP contribution in [0.1, 0.15) is 81.6 Å². The van der Waals surface area contributed by atoms with Crippen LogP contribution in [0.15, 0.2) is 11.6 Å². The Labute approximate surface area is 196 Å². The number of amides is 2. The molecule has 1 rings (SSSR count). The number of piperidine rings is 1. The molecule has 0 bridgehead atoms. The fourth-order valence-corrected chi connectivity index (χ4v) is 3.50. The predicted octanol–water partition coefficient (Wildman–Crippen LogP) is 4.18. The summed E-state index contributed by atoms with van der Waals surface area (Å²) in [6.45, 7) is 20.2. The molecular formula is C25H49N3O4. The van der Waals surface area contributed by atoms with Gasteiger partial charge in [-0.1, -0.05) is 54.0 Å². The Balaban J connectivity index is 0. The first-order valence-electron chi connectivity index (χ1n) is 12.1. The van der Waals surface area contributed by atoms with Gasteiger partial charge in [-0.3, -0.25) is 9.59 Å². The summed E-state index contributed by atoms with van der Waals surface area (Å²) >= 11 is 0. The Kier molecular flexibility index (Phi) is 17.8. The van der Waals surface area contributed by atoms with Gasteiger partial charge in [0.25, 0.3) is 0 Å². The van der Waals surface area contributed by atoms with Crippen molar-refractivity contribution in [2.45, 2.75) is 99.7 Å². The maximum atomic E-state index is 12.5. The summed E-state index contributed by atoms with van der Waals surface area (Å²) in [5.41, 5.74) is 0.192. The van der Waals surface area contributed by atoms with Crippen molar-refractivity contribution < 1.29 is 19.5 Å². The molecule has 0 radical (unpaired) electrons. The summed E-state index contributed by atoms with van der Waals surface area (Å²) in [5, 5.41) is 11.5. The van der Waals surface area contributed by atoms with Crippen molar-refractivity contribution in [1.82, 2.24) is 15.1 Å². The molecule has 0 saturated carbocycles. The van der Waals surface area contributed by atoms with Gasteiger partial charge in [0.15, 0.2) is 0 Å². The lowest BCUT2D eigenvalue weighted by molar-refractivity contribution is -0.137. The van der Waals surface area contributed by atoms with Gasteiger partial charge >= 0.3 is 5.97 Å². The third-order valence-corrected chi connectivity index (χ3v) is 5.54. The number of aliphatic carboxylic acids is 1. The average molecular weight is 456 g/mol. The lowest BCUT2D eigenvalue weighted by Gasteiger charge is -2.33. The molecule has 2 atom stereocenters. The van der Waals surface area contributed by atoms with Gasteiger partial charge in [0.2, 0.25) is 12.3 Å². The molecule has 0 unspecified atom stereocenters. The fraction of sp³-hybridized carbons (Fsp3) is 0.800. The minimum atomic E-state index is -1.01. The van der Waals surface area contributed by atoms with E-state index in [1.165, 1.54) is 44.2 Å². The smallest absolute Gasteiger partial charge is 0.331 e. The second-order valence-electron chi connectivity index (χ2n) is 9.04. The maximum Gasteiger partial charge on any atom is 0.331 e. The summed E-state index contributed by atoms with van der Waals surface area (Å²) < 4.78 is 0. The first-order chi connectivity index (χ1) is 14.9. The minimum absolute atomic E-state index is 0.0530. The van der Waals surface area contributed by atoms with E-state index in [4.69, 9.17) is 5.11 Å². The first-order valence-corrected chi connectivity index (χ1v) is 12.1. The third kappa shape index (κ3) is 12.2. The van der Waals surface area contributed by atoms with Gasteiger partial charge in [0.1, 0.15) is 6.04 Å². The van der Waals surface area contributed by atoms with Crippen LogP contribution in [-0.4, -0.2) is 71.5 Å². The molecule has 1 aliphatic heterocycles. The maximum absolute atomic E-state index is 12.5. The second kappa shape index (κ2) is 17.6. The Morgan fingerprint density at radius 3 is 1.78 bits per heavy atom. The van der Waals surface area contributed by atoms with Gasteiger partial charge in [-0.25, -0.2) is 4.79 Å². The molecule has 0 aromatic heterocycles. The number of carboxylic acid groups (broad SMARTS) is 1. The number of hydrogen-bond acceptors (Lipinski definition) is 4. The van der Waals surface area contributed by atoms with Crippen molar-refractivity contribution in [1.29, 1.82) is 0 Å². The van der Waals surface area contributed by atoms with Crippen molar-refractivity contribution in [3.05, 3.63) is 11.6 Å². The fourth-order valence-electron chi connectivity index (χ4n) is 3.50. The molecule has 1 saturated heterocycles. The number of hydrogen-bond donors (Lipinski definition) is 2. The molecule has 0 aromatic rings. The molecule has 0 aliphatic carbocycles. The number of nitrogens with zero attached hydrogens (tertiary/aromatic N) is 2. The van der Waals surface area contributed by atoms with Crippen LogP contribution in [0, 0.1) is 11.8 Å². The van der Waals surface area contributed by atoms with E-state index >= 15 is 0 Å². The van der Waals surface area contributed by atoms with E-state index in [1.54, 1.807) is 13.1 Å². The third-order valence-electron chi connectivity index (χ3n) is 5.54. The van der Waals surface area contributed by atoms with Crippen LogP contribution >= 0.6 is 0 Å². The van der Waals surface area contributed by atoms with Crippen LogP contribution in [0.25, 0.3) is 0 Å². The van der Waals surface area contributed by atoms with Crippen LogP contribution < -0.4 is 5.32 Å². The van der Waals surface area contributed by atoms with Crippen molar-refractivity contribution in [2.24, 2.45) is 11.8 Å². The molecule has 188 valence electrons. The molecule has 1 aliphatic rings. The largest absolute Gasteiger partial charge is 0.478 e. The van der Waals surface area contributed by atoms with Gasteiger partial charge in [0, 0.05) is 18.7 Å². The van der Waals surface area contributed by atoms with Gasteiger partial charge < -0.3 is 20.2 Å². The topological polar surface area (TPSA) is 90.0 Å². The Morgan fingerprint density at radius 1 is 0.969 bits per heavy atom. The van der Waals surface area contributed by atoms with Crippen LogP contribution in [0.2, 0.25) is 0 Å². The molecule has 2 amide bonds. The highest BCUT2D eigenvalue weighted by Crippen LogP contribution is 2.16. The van der Waals surface area contributed by atoms with Crippen LogP contribution in [0.3, 0.4) is 0 Å². The van der Waals surface area contributed by atoms with Crippen LogP contribution in [0.5, 0.6) is 0 Å². The number of nitrogens with one attached hydrogen (secondary N) is 1. The SMILES string of the molecule is C/C(=C\[C@H](C(C)C)N(C)C(=O)[C@@H](NC=O)C(C)C)C(=O)O.CC.CC(C)N1CCCCC1. The predicted molar refractivity (Wildman–Crippen MR) is 133 cm³/mol. The highest BCUT2D eigenvalue weighted by Gasteiger charge is 2.29. The minimum Gasteiger partial charge on any atom is -0.478 e. The van der Waals surface area contributed by atoms with E-state index in [0.717, 1.165) is 6.04 Å². The summed E-state index contributed by atoms with van der Waals surface area (Å²) in [6, 6.07) is -0.194. The molecule has 7 heteroatoms. The lowest BCUT2D eigenvalue weighted by Crippen LogP contribution is -2.51. The highest BCUT2D eigenvalue weighted by molar-refractivity contribution is 5.87. The van der Waals surface area contributed by atoms with Crippen molar-refractivity contribution in [2.75, 3.05) is 20.1 Å². The first kappa shape index (κ1) is 32.3. The Hall–Kier alpha value is -1.89. The molecular weight excluding hydrogens is 406 g/mol. The molecule has 0 spiro atoms. The molecule has 1 heterocycles. The van der Waals surface area contributed by atoms with Crippen LogP contribution in [0.4, 0.5) is 0 Å². The van der Waals surface area contributed by atoms with Crippen molar-refractivity contribution in [3.63, 3.8) is 0 Å². The zero-order chi connectivity index (χ0) is 25.4.